The lowest BCUT2D eigenvalue weighted by Crippen LogP contribution is -2.46. The lowest BCUT2D eigenvalue weighted by Gasteiger charge is -2.32. The number of nitrogens with one attached hydrogen (secondary N) is 1. The molecule has 3 rings (SSSR count). The molecular formula is C25H32N2O4. The van der Waals surface area contributed by atoms with Crippen LogP contribution in [0.1, 0.15) is 48.5 Å². The SMILES string of the molecule is CCOc1ccc(C(=O)N2CCC(NC(=O)CCCOc3ccccc3C)CC2)cc1. The molecule has 0 spiro atoms. The molecule has 2 amide bonds. The smallest absolute Gasteiger partial charge is 0.253 e. The lowest BCUT2D eigenvalue weighted by molar-refractivity contribution is -0.122. The van der Waals surface area contributed by atoms with Gasteiger partial charge in [0.25, 0.3) is 5.91 Å². The zero-order valence-corrected chi connectivity index (χ0v) is 18.4. The van der Waals surface area contributed by atoms with Crippen LogP contribution in [0.15, 0.2) is 48.5 Å². The predicted molar refractivity (Wildman–Crippen MR) is 121 cm³/mol. The van der Waals surface area contributed by atoms with E-state index < -0.39 is 0 Å². The number of ether oxygens (including phenoxy) is 2. The normalized spacial score (nSPS) is 14.2. The largest absolute Gasteiger partial charge is 0.494 e. The second kappa shape index (κ2) is 11.4. The first-order valence-corrected chi connectivity index (χ1v) is 11.1. The fourth-order valence-corrected chi connectivity index (χ4v) is 3.70. The maximum atomic E-state index is 12.7. The van der Waals surface area contributed by atoms with E-state index in [4.69, 9.17) is 9.47 Å². The van der Waals surface area contributed by atoms with E-state index in [0.717, 1.165) is 29.9 Å². The van der Waals surface area contributed by atoms with Gasteiger partial charge in [-0.05, 0) is 69.0 Å². The number of carbonyl (C=O) groups is 2. The summed E-state index contributed by atoms with van der Waals surface area (Å²) in [5, 5.41) is 3.10. The summed E-state index contributed by atoms with van der Waals surface area (Å²) in [5.41, 5.74) is 1.76. The zero-order valence-electron chi connectivity index (χ0n) is 18.4. The molecule has 0 bridgehead atoms. The van der Waals surface area contributed by atoms with E-state index >= 15 is 0 Å². The van der Waals surface area contributed by atoms with Crippen molar-refractivity contribution in [2.24, 2.45) is 0 Å². The first-order chi connectivity index (χ1) is 15.1. The number of amides is 2. The van der Waals surface area contributed by atoms with Crippen molar-refractivity contribution >= 4 is 11.8 Å². The summed E-state index contributed by atoms with van der Waals surface area (Å²) >= 11 is 0. The molecule has 0 atom stereocenters. The van der Waals surface area contributed by atoms with Gasteiger partial charge in [0.15, 0.2) is 0 Å². The van der Waals surface area contributed by atoms with Crippen LogP contribution < -0.4 is 14.8 Å². The Balaban J connectivity index is 1.35. The van der Waals surface area contributed by atoms with Gasteiger partial charge in [-0.1, -0.05) is 18.2 Å². The van der Waals surface area contributed by atoms with Crippen molar-refractivity contribution in [1.29, 1.82) is 0 Å². The van der Waals surface area contributed by atoms with Gasteiger partial charge in [0.2, 0.25) is 5.91 Å². The summed E-state index contributed by atoms with van der Waals surface area (Å²) in [6.07, 6.45) is 2.66. The number of likely N-dealkylation sites (tertiary alicyclic amines) is 1. The van der Waals surface area contributed by atoms with E-state index in [2.05, 4.69) is 5.32 Å². The average molecular weight is 425 g/mol. The zero-order chi connectivity index (χ0) is 22.1. The number of piperidine rings is 1. The molecule has 6 nitrogen and oxygen atoms in total. The summed E-state index contributed by atoms with van der Waals surface area (Å²) < 4.78 is 11.2. The van der Waals surface area contributed by atoms with Gasteiger partial charge < -0.3 is 19.7 Å². The minimum atomic E-state index is 0.0289. The van der Waals surface area contributed by atoms with Gasteiger partial charge in [0, 0.05) is 31.1 Å². The molecule has 1 aliphatic rings. The van der Waals surface area contributed by atoms with Crippen molar-refractivity contribution in [3.8, 4) is 11.5 Å². The van der Waals surface area contributed by atoms with E-state index in [1.54, 1.807) is 12.1 Å². The number of nitrogens with zero attached hydrogens (tertiary/aromatic N) is 1. The third kappa shape index (κ3) is 6.74. The van der Waals surface area contributed by atoms with Gasteiger partial charge in [-0.15, -0.1) is 0 Å². The monoisotopic (exact) mass is 424 g/mol. The van der Waals surface area contributed by atoms with Crippen LogP contribution in [0.5, 0.6) is 11.5 Å². The quantitative estimate of drug-likeness (QED) is 0.619. The van der Waals surface area contributed by atoms with Crippen LogP contribution >= 0.6 is 0 Å². The molecule has 1 fully saturated rings. The van der Waals surface area contributed by atoms with Crippen molar-refractivity contribution in [3.05, 3.63) is 59.7 Å². The van der Waals surface area contributed by atoms with Crippen molar-refractivity contribution in [2.75, 3.05) is 26.3 Å². The van der Waals surface area contributed by atoms with Crippen LogP contribution in [0.25, 0.3) is 0 Å². The Morgan fingerprint density at radius 3 is 2.42 bits per heavy atom. The van der Waals surface area contributed by atoms with Crippen molar-refractivity contribution in [3.63, 3.8) is 0 Å². The molecule has 0 aliphatic carbocycles. The minimum absolute atomic E-state index is 0.0289. The third-order valence-electron chi connectivity index (χ3n) is 5.46. The number of hydrogen-bond acceptors (Lipinski definition) is 4. The number of aryl methyl sites for hydroxylation is 1. The summed E-state index contributed by atoms with van der Waals surface area (Å²) in [4.78, 5) is 26.8. The van der Waals surface area contributed by atoms with Gasteiger partial charge in [-0.2, -0.15) is 0 Å². The standard InChI is InChI=1S/C25H32N2O4/c1-3-30-22-12-10-20(11-13-22)25(29)27-16-14-21(15-17-27)26-24(28)9-6-18-31-23-8-5-4-7-19(23)2/h4-5,7-8,10-13,21H,3,6,9,14-18H2,1-2H3,(H,26,28). The minimum Gasteiger partial charge on any atom is -0.494 e. The Morgan fingerprint density at radius 1 is 1.03 bits per heavy atom. The van der Waals surface area contributed by atoms with E-state index in [1.165, 1.54) is 0 Å². The van der Waals surface area contributed by atoms with Crippen LogP contribution in [0, 0.1) is 6.92 Å². The van der Waals surface area contributed by atoms with Crippen molar-refractivity contribution < 1.29 is 19.1 Å². The topological polar surface area (TPSA) is 67.9 Å². The van der Waals surface area contributed by atoms with Crippen LogP contribution in [-0.2, 0) is 4.79 Å². The molecule has 2 aromatic rings. The highest BCUT2D eigenvalue weighted by molar-refractivity contribution is 5.94. The lowest BCUT2D eigenvalue weighted by atomic mass is 10.0. The molecule has 1 heterocycles. The van der Waals surface area contributed by atoms with E-state index in [9.17, 15) is 9.59 Å². The number of hydrogen-bond donors (Lipinski definition) is 1. The summed E-state index contributed by atoms with van der Waals surface area (Å²) in [6.45, 7) is 6.36. The molecule has 166 valence electrons. The Hall–Kier alpha value is -3.02. The first kappa shape index (κ1) is 22.7. The Labute approximate surface area is 184 Å². The summed E-state index contributed by atoms with van der Waals surface area (Å²) in [5.74, 6) is 1.71. The van der Waals surface area contributed by atoms with Crippen LogP contribution in [-0.4, -0.2) is 49.1 Å². The molecule has 0 radical (unpaired) electrons. The Kier molecular flexibility index (Phi) is 8.33. The second-order valence-corrected chi connectivity index (χ2v) is 7.81. The predicted octanol–water partition coefficient (Wildman–Crippen LogP) is 3.97. The van der Waals surface area contributed by atoms with Gasteiger partial charge in [0.1, 0.15) is 11.5 Å². The molecule has 0 saturated carbocycles. The summed E-state index contributed by atoms with van der Waals surface area (Å²) in [6, 6.07) is 15.3. The summed E-state index contributed by atoms with van der Waals surface area (Å²) in [7, 11) is 0. The maximum Gasteiger partial charge on any atom is 0.253 e. The molecule has 1 saturated heterocycles. The number of para-hydroxylation sites is 1. The Bertz CT molecular complexity index is 858. The van der Waals surface area contributed by atoms with Crippen molar-refractivity contribution in [2.45, 2.75) is 45.6 Å². The van der Waals surface area contributed by atoms with Gasteiger partial charge >= 0.3 is 0 Å². The highest BCUT2D eigenvalue weighted by Crippen LogP contribution is 2.18. The van der Waals surface area contributed by atoms with Crippen LogP contribution in [0.3, 0.4) is 0 Å². The highest BCUT2D eigenvalue weighted by atomic mass is 16.5. The molecular weight excluding hydrogens is 392 g/mol. The molecule has 31 heavy (non-hydrogen) atoms. The van der Waals surface area contributed by atoms with E-state index in [1.807, 2.05) is 55.1 Å². The fraction of sp³-hybridized carbons (Fsp3) is 0.440. The highest BCUT2D eigenvalue weighted by Gasteiger charge is 2.24. The number of benzene rings is 2. The number of rotatable bonds is 9. The second-order valence-electron chi connectivity index (χ2n) is 7.81. The van der Waals surface area contributed by atoms with Crippen molar-refractivity contribution in [1.82, 2.24) is 10.2 Å². The molecule has 1 N–H and O–H groups in total. The van der Waals surface area contributed by atoms with Gasteiger partial charge in [0.05, 0.1) is 13.2 Å². The Morgan fingerprint density at radius 2 is 1.74 bits per heavy atom. The molecule has 0 unspecified atom stereocenters. The van der Waals surface area contributed by atoms with Gasteiger partial charge in [-0.25, -0.2) is 0 Å². The average Bonchev–Trinajstić information content (AvgIpc) is 2.79. The molecule has 0 aromatic heterocycles. The first-order valence-electron chi connectivity index (χ1n) is 11.1. The molecule has 1 aliphatic heterocycles. The van der Waals surface area contributed by atoms with E-state index in [0.29, 0.717) is 44.7 Å². The maximum absolute atomic E-state index is 12.7. The van der Waals surface area contributed by atoms with Crippen LogP contribution in [0.4, 0.5) is 0 Å². The molecule has 6 heteroatoms. The molecule has 2 aromatic carbocycles. The van der Waals surface area contributed by atoms with E-state index in [-0.39, 0.29) is 17.9 Å². The van der Waals surface area contributed by atoms with Gasteiger partial charge in [-0.3, -0.25) is 9.59 Å². The third-order valence-corrected chi connectivity index (χ3v) is 5.46. The van der Waals surface area contributed by atoms with Crippen LogP contribution in [0.2, 0.25) is 0 Å². The fourth-order valence-electron chi connectivity index (χ4n) is 3.70. The number of carbonyl (C=O) groups excluding carboxylic acids is 2.